The van der Waals surface area contributed by atoms with Crippen molar-refractivity contribution in [1.29, 1.82) is 0 Å². The summed E-state index contributed by atoms with van der Waals surface area (Å²) in [5.41, 5.74) is 1.53. The van der Waals surface area contributed by atoms with E-state index in [0.29, 0.717) is 22.4 Å². The maximum Gasteiger partial charge on any atom is 0.338 e. The van der Waals surface area contributed by atoms with Crippen molar-refractivity contribution in [3.05, 3.63) is 132 Å². The van der Waals surface area contributed by atoms with Crippen LogP contribution in [-0.2, 0) is 23.7 Å². The van der Waals surface area contributed by atoms with E-state index in [9.17, 15) is 19.2 Å². The van der Waals surface area contributed by atoms with Crippen LogP contribution in [0.15, 0.2) is 115 Å². The number of nitrogens with zero attached hydrogens (tertiary/aromatic N) is 1. The van der Waals surface area contributed by atoms with Gasteiger partial charge in [-0.05, 0) is 48.6 Å². The van der Waals surface area contributed by atoms with Gasteiger partial charge in [0.15, 0.2) is 18.4 Å². The Labute approximate surface area is 248 Å². The number of carbonyl (C=O) groups is 4. The Balaban J connectivity index is 1.43. The van der Waals surface area contributed by atoms with E-state index < -0.39 is 42.4 Å². The van der Waals surface area contributed by atoms with E-state index in [-0.39, 0.29) is 19.1 Å². The van der Waals surface area contributed by atoms with E-state index in [1.54, 1.807) is 114 Å². The number of hydrogen-bond donors (Lipinski definition) is 1. The van der Waals surface area contributed by atoms with Crippen molar-refractivity contribution < 1.29 is 38.1 Å². The van der Waals surface area contributed by atoms with Crippen molar-refractivity contribution in [2.45, 2.75) is 31.5 Å². The van der Waals surface area contributed by atoms with Crippen molar-refractivity contribution >= 4 is 23.8 Å². The molecule has 3 aromatic rings. The fourth-order valence-corrected chi connectivity index (χ4v) is 4.72. The van der Waals surface area contributed by atoms with Crippen LogP contribution in [0.5, 0.6) is 0 Å². The molecular weight excluding hydrogens is 552 g/mol. The standard InChI is InChI=1S/C33H30N2O8/c1-22(36)34-26-17-19-35(20-18-26)30-29(43-33(39)25-15-9-4-10-16-25)28(42-32(38)24-13-7-3-8-14-24)27(41-30)21-40-31(37)23-11-5-2-6-12-23/h2-19,27-30H,20-21H2,1H3,(H,34,36)/t27-,28-,29-,30-/m1/s1. The number of esters is 3. The van der Waals surface area contributed by atoms with Gasteiger partial charge in [-0.15, -0.1) is 0 Å². The van der Waals surface area contributed by atoms with Crippen LogP contribution in [-0.4, -0.2) is 66.4 Å². The molecule has 1 N–H and O–H groups in total. The van der Waals surface area contributed by atoms with Gasteiger partial charge in [-0.3, -0.25) is 4.79 Å². The molecule has 2 aliphatic heterocycles. The predicted octanol–water partition coefficient (Wildman–Crippen LogP) is 3.87. The lowest BCUT2D eigenvalue weighted by atomic mass is 10.1. The van der Waals surface area contributed by atoms with Gasteiger partial charge in [0.2, 0.25) is 5.91 Å². The highest BCUT2D eigenvalue weighted by atomic mass is 16.7. The van der Waals surface area contributed by atoms with Gasteiger partial charge in [-0.2, -0.15) is 0 Å². The Morgan fingerprint density at radius 3 is 1.77 bits per heavy atom. The average Bonchev–Trinajstić information content (AvgIpc) is 3.37. The van der Waals surface area contributed by atoms with Crippen LogP contribution in [0.1, 0.15) is 38.0 Å². The van der Waals surface area contributed by atoms with E-state index >= 15 is 0 Å². The fraction of sp³-hybridized carbons (Fsp3) is 0.212. The summed E-state index contributed by atoms with van der Waals surface area (Å²) in [5, 5.41) is 2.72. The third kappa shape index (κ3) is 7.35. The van der Waals surface area contributed by atoms with Gasteiger partial charge in [0, 0.05) is 25.4 Å². The maximum atomic E-state index is 13.3. The number of amides is 1. The summed E-state index contributed by atoms with van der Waals surface area (Å²) in [6, 6.07) is 25.3. The lowest BCUT2D eigenvalue weighted by Crippen LogP contribution is -2.46. The van der Waals surface area contributed by atoms with Crippen LogP contribution >= 0.6 is 0 Å². The molecule has 0 spiro atoms. The second-order valence-electron chi connectivity index (χ2n) is 9.85. The normalized spacial score (nSPS) is 21.0. The Morgan fingerprint density at radius 1 is 0.767 bits per heavy atom. The zero-order chi connectivity index (χ0) is 30.2. The topological polar surface area (TPSA) is 120 Å². The van der Waals surface area contributed by atoms with Crippen molar-refractivity contribution in [3.63, 3.8) is 0 Å². The zero-order valence-corrected chi connectivity index (χ0v) is 23.3. The summed E-state index contributed by atoms with van der Waals surface area (Å²) in [7, 11) is 0. The molecule has 0 saturated carbocycles. The van der Waals surface area contributed by atoms with Crippen LogP contribution in [0.3, 0.4) is 0 Å². The van der Waals surface area contributed by atoms with Crippen LogP contribution in [0, 0.1) is 0 Å². The van der Waals surface area contributed by atoms with Crippen LogP contribution in [0.25, 0.3) is 0 Å². The predicted molar refractivity (Wildman–Crippen MR) is 154 cm³/mol. The molecule has 2 heterocycles. The third-order valence-electron chi connectivity index (χ3n) is 6.79. The van der Waals surface area contributed by atoms with Crippen molar-refractivity contribution in [1.82, 2.24) is 10.2 Å². The quantitative estimate of drug-likeness (QED) is 0.296. The second kappa shape index (κ2) is 13.6. The van der Waals surface area contributed by atoms with Gasteiger partial charge < -0.3 is 29.2 Å². The molecule has 0 bridgehead atoms. The van der Waals surface area contributed by atoms with Gasteiger partial charge in [0.1, 0.15) is 12.7 Å². The SMILES string of the molecule is CC(=O)NC1=CCN([C@@H]2O[C@H](COC(=O)c3ccccc3)[C@@H](OC(=O)c3ccccc3)[C@H]2OC(=O)c2ccccc2)C=C1. The van der Waals surface area contributed by atoms with E-state index in [1.165, 1.54) is 6.92 Å². The van der Waals surface area contributed by atoms with Gasteiger partial charge in [-0.1, -0.05) is 54.6 Å². The first-order valence-corrected chi connectivity index (χ1v) is 13.7. The minimum absolute atomic E-state index is 0.218. The molecule has 3 aromatic carbocycles. The molecule has 43 heavy (non-hydrogen) atoms. The molecule has 0 aromatic heterocycles. The molecule has 220 valence electrons. The summed E-state index contributed by atoms with van der Waals surface area (Å²) >= 11 is 0. The van der Waals surface area contributed by atoms with Crippen LogP contribution in [0.4, 0.5) is 0 Å². The first kappa shape index (κ1) is 29.3. The number of nitrogens with one attached hydrogen (secondary N) is 1. The Hall–Kier alpha value is -5.22. The number of ether oxygens (including phenoxy) is 4. The van der Waals surface area contributed by atoms with Crippen molar-refractivity contribution in [3.8, 4) is 0 Å². The molecule has 10 heteroatoms. The number of allylic oxidation sites excluding steroid dienone is 1. The van der Waals surface area contributed by atoms with Crippen molar-refractivity contribution in [2.24, 2.45) is 0 Å². The molecule has 1 fully saturated rings. The lowest BCUT2D eigenvalue weighted by molar-refractivity contribution is -0.118. The maximum absolute atomic E-state index is 13.3. The largest absolute Gasteiger partial charge is 0.459 e. The number of rotatable bonds is 9. The summed E-state index contributed by atoms with van der Waals surface area (Å²) in [6.07, 6.45) is 0.991. The smallest absolute Gasteiger partial charge is 0.338 e. The molecule has 1 amide bonds. The molecule has 4 atom stereocenters. The van der Waals surface area contributed by atoms with E-state index in [1.807, 2.05) is 0 Å². The molecule has 10 nitrogen and oxygen atoms in total. The minimum atomic E-state index is -1.14. The number of hydrogen-bond acceptors (Lipinski definition) is 9. The van der Waals surface area contributed by atoms with Crippen LogP contribution in [0.2, 0.25) is 0 Å². The van der Waals surface area contributed by atoms with Crippen molar-refractivity contribution in [2.75, 3.05) is 13.2 Å². The third-order valence-corrected chi connectivity index (χ3v) is 6.79. The Morgan fingerprint density at radius 2 is 1.28 bits per heavy atom. The Kier molecular flexibility index (Phi) is 9.28. The first-order chi connectivity index (χ1) is 20.9. The number of benzene rings is 3. The molecule has 0 aliphatic carbocycles. The molecule has 5 rings (SSSR count). The van der Waals surface area contributed by atoms with Gasteiger partial charge in [0.05, 0.1) is 16.7 Å². The first-order valence-electron chi connectivity index (χ1n) is 13.7. The molecular formula is C33H30N2O8. The average molecular weight is 583 g/mol. The van der Waals surface area contributed by atoms with Gasteiger partial charge in [0.25, 0.3) is 0 Å². The summed E-state index contributed by atoms with van der Waals surface area (Å²) < 4.78 is 23.8. The highest BCUT2D eigenvalue weighted by Crippen LogP contribution is 2.32. The monoisotopic (exact) mass is 582 g/mol. The lowest BCUT2D eigenvalue weighted by Gasteiger charge is -2.32. The summed E-state index contributed by atoms with van der Waals surface area (Å²) in [5.74, 6) is -2.10. The van der Waals surface area contributed by atoms with Gasteiger partial charge >= 0.3 is 17.9 Å². The van der Waals surface area contributed by atoms with E-state index in [2.05, 4.69) is 5.32 Å². The summed E-state index contributed by atoms with van der Waals surface area (Å²) in [6.45, 7) is 1.42. The minimum Gasteiger partial charge on any atom is -0.459 e. The van der Waals surface area contributed by atoms with E-state index in [0.717, 1.165) is 0 Å². The Bertz CT molecular complexity index is 1510. The summed E-state index contributed by atoms with van der Waals surface area (Å²) in [4.78, 5) is 52.5. The fourth-order valence-electron chi connectivity index (χ4n) is 4.72. The van der Waals surface area contributed by atoms with Gasteiger partial charge in [-0.25, -0.2) is 14.4 Å². The highest BCUT2D eigenvalue weighted by molar-refractivity contribution is 5.91. The molecule has 0 radical (unpaired) electrons. The zero-order valence-electron chi connectivity index (χ0n) is 23.3. The highest BCUT2D eigenvalue weighted by Gasteiger charge is 2.52. The van der Waals surface area contributed by atoms with E-state index in [4.69, 9.17) is 18.9 Å². The second-order valence-corrected chi connectivity index (χ2v) is 9.85. The number of carbonyl (C=O) groups excluding carboxylic acids is 4. The molecule has 1 saturated heterocycles. The molecule has 0 unspecified atom stereocenters. The molecule has 2 aliphatic rings. The van der Waals surface area contributed by atoms with Crippen LogP contribution < -0.4 is 5.32 Å².